The highest BCUT2D eigenvalue weighted by atomic mass is 19.4. The van der Waals surface area contributed by atoms with Crippen LogP contribution in [-0.4, -0.2) is 58.1 Å². The number of nitrogens with zero attached hydrogens (tertiary/aromatic N) is 3. The smallest absolute Gasteiger partial charge is 0.424 e. The highest BCUT2D eigenvalue weighted by molar-refractivity contribution is 6.00. The number of hydrogen-bond acceptors (Lipinski definition) is 7. The fourth-order valence-corrected chi connectivity index (χ4v) is 4.60. The Morgan fingerprint density at radius 3 is 2.48 bits per heavy atom. The van der Waals surface area contributed by atoms with Crippen LogP contribution in [0.3, 0.4) is 0 Å². The number of hydrogen-bond donors (Lipinski definition) is 3. The Morgan fingerprint density at radius 1 is 1.20 bits per heavy atom. The first-order valence-electron chi connectivity index (χ1n) is 12.4. The molecule has 1 aliphatic heterocycles. The number of nitrogens with two attached hydrogens (primary N) is 1. The largest absolute Gasteiger partial charge is 0.494 e. The van der Waals surface area contributed by atoms with Crippen LogP contribution in [-0.2, 0) is 16.1 Å². The molecular weight excluding hydrogens is 607 g/mol. The summed E-state index contributed by atoms with van der Waals surface area (Å²) in [7, 11) is 1.15. The van der Waals surface area contributed by atoms with Gasteiger partial charge in [0.25, 0.3) is 17.5 Å². The van der Waals surface area contributed by atoms with Gasteiger partial charge < -0.3 is 25.6 Å². The van der Waals surface area contributed by atoms with E-state index in [1.807, 2.05) is 5.32 Å². The highest BCUT2D eigenvalue weighted by Crippen LogP contribution is 2.48. The standard InChI is InChI=1S/C27H20F7N5O5/c1-43-17-7-13(6-14-9-39(24(29)30)38-19(14)17)22(40)36-10-26(42,27(32,33)34)18-8-16-21(44-11-25(16,31)23(35)41)20(37-18)12-2-4-15(28)5-3-12/h2-9,24,42H,10-11H2,1H3,(H2,35,41)(H,36,40)/t25?,26-/m0/s1. The molecule has 2 aromatic carbocycles. The van der Waals surface area contributed by atoms with Crippen molar-refractivity contribution in [3.8, 4) is 22.8 Å². The van der Waals surface area contributed by atoms with Gasteiger partial charge in [0, 0.05) is 28.3 Å². The van der Waals surface area contributed by atoms with E-state index in [4.69, 9.17) is 15.2 Å². The van der Waals surface area contributed by atoms with Crippen molar-refractivity contribution in [1.82, 2.24) is 20.1 Å². The monoisotopic (exact) mass is 627 g/mol. The lowest BCUT2D eigenvalue weighted by atomic mass is 9.90. The van der Waals surface area contributed by atoms with Crippen molar-refractivity contribution >= 4 is 22.7 Å². The maximum atomic E-state index is 15.7. The Kier molecular flexibility index (Phi) is 7.39. The van der Waals surface area contributed by atoms with Crippen LogP contribution in [0.2, 0.25) is 0 Å². The van der Waals surface area contributed by atoms with Crippen LogP contribution in [0.5, 0.6) is 11.5 Å². The third-order valence-corrected chi connectivity index (χ3v) is 6.99. The number of methoxy groups -OCH3 is 1. The van der Waals surface area contributed by atoms with Gasteiger partial charge >= 0.3 is 12.7 Å². The minimum Gasteiger partial charge on any atom is -0.494 e. The summed E-state index contributed by atoms with van der Waals surface area (Å²) in [6, 6.07) is 6.63. The topological polar surface area (TPSA) is 142 Å². The van der Waals surface area contributed by atoms with Crippen molar-refractivity contribution in [2.45, 2.75) is 24.0 Å². The molecule has 10 nitrogen and oxygen atoms in total. The molecule has 17 heteroatoms. The number of halogens is 7. The number of ether oxygens (including phenoxy) is 2. The average molecular weight is 627 g/mol. The molecule has 0 saturated carbocycles. The maximum absolute atomic E-state index is 15.7. The molecule has 232 valence electrons. The summed E-state index contributed by atoms with van der Waals surface area (Å²) in [6.07, 6.45) is -4.67. The van der Waals surface area contributed by atoms with Crippen molar-refractivity contribution in [2.75, 3.05) is 20.3 Å². The molecule has 0 bridgehead atoms. The third-order valence-electron chi connectivity index (χ3n) is 6.99. The Morgan fingerprint density at radius 2 is 1.89 bits per heavy atom. The summed E-state index contributed by atoms with van der Waals surface area (Å²) in [5.74, 6) is -4.11. The fourth-order valence-electron chi connectivity index (χ4n) is 4.60. The number of fused-ring (bicyclic) bond motifs is 2. The van der Waals surface area contributed by atoms with E-state index in [9.17, 15) is 41.0 Å². The average Bonchev–Trinajstić information content (AvgIpc) is 3.57. The Balaban J connectivity index is 1.57. The number of carbonyl (C=O) groups is 2. The Labute approximate surface area is 242 Å². The first-order valence-corrected chi connectivity index (χ1v) is 12.4. The quantitative estimate of drug-likeness (QED) is 0.252. The van der Waals surface area contributed by atoms with E-state index < -0.39 is 77.5 Å². The van der Waals surface area contributed by atoms with Crippen LogP contribution >= 0.6 is 0 Å². The number of rotatable bonds is 8. The van der Waals surface area contributed by atoms with Crippen LogP contribution in [0.4, 0.5) is 30.7 Å². The SMILES string of the molecule is COc1cc(C(=O)NC[C@](O)(c2cc3c(c(-c4ccc(F)cc4)n2)OCC3(F)C(N)=O)C(F)(F)F)cc2cn(C(F)F)nc12. The molecule has 0 aliphatic carbocycles. The molecule has 0 radical (unpaired) electrons. The molecular formula is C27H20F7N5O5. The summed E-state index contributed by atoms with van der Waals surface area (Å²) in [6.45, 7) is -5.63. The van der Waals surface area contributed by atoms with E-state index in [2.05, 4.69) is 10.1 Å². The van der Waals surface area contributed by atoms with Crippen LogP contribution in [0.25, 0.3) is 22.2 Å². The zero-order valence-electron chi connectivity index (χ0n) is 22.3. The number of primary amides is 1. The van der Waals surface area contributed by atoms with Gasteiger partial charge in [0.2, 0.25) is 5.60 Å². The van der Waals surface area contributed by atoms with E-state index in [0.717, 1.165) is 49.7 Å². The second-order valence-corrected chi connectivity index (χ2v) is 9.74. The van der Waals surface area contributed by atoms with Crippen molar-refractivity contribution in [3.05, 3.63) is 71.3 Å². The number of aromatic nitrogens is 3. The number of benzene rings is 2. The molecule has 1 unspecified atom stereocenters. The van der Waals surface area contributed by atoms with Gasteiger partial charge in [0.15, 0.2) is 5.75 Å². The van der Waals surface area contributed by atoms with Crippen LogP contribution in [0.1, 0.15) is 28.2 Å². The number of carbonyl (C=O) groups excluding carboxylic acids is 2. The van der Waals surface area contributed by atoms with Gasteiger partial charge in [-0.15, -0.1) is 0 Å². The number of nitrogens with one attached hydrogen (secondary N) is 1. The lowest BCUT2D eigenvalue weighted by Gasteiger charge is -2.31. The summed E-state index contributed by atoms with van der Waals surface area (Å²) < 4.78 is 110. The lowest BCUT2D eigenvalue weighted by Crippen LogP contribution is -2.51. The predicted octanol–water partition coefficient (Wildman–Crippen LogP) is 3.86. The molecule has 2 amide bonds. The molecule has 3 heterocycles. The van der Waals surface area contributed by atoms with Crippen molar-refractivity contribution in [3.63, 3.8) is 0 Å². The zero-order chi connectivity index (χ0) is 32.2. The maximum Gasteiger partial charge on any atom is 0.424 e. The van der Waals surface area contributed by atoms with Gasteiger partial charge in [-0.1, -0.05) is 0 Å². The van der Waals surface area contributed by atoms with Crippen molar-refractivity contribution in [1.29, 1.82) is 0 Å². The van der Waals surface area contributed by atoms with E-state index >= 15 is 4.39 Å². The minimum absolute atomic E-state index is 0.00384. The normalized spacial score (nSPS) is 17.7. The molecule has 4 N–H and O–H groups in total. The number of aliphatic hydroxyl groups is 1. The molecule has 1 aliphatic rings. The van der Waals surface area contributed by atoms with Gasteiger partial charge in [-0.2, -0.15) is 27.1 Å². The molecule has 4 aromatic rings. The Hall–Kier alpha value is -4.93. The minimum atomic E-state index is -5.56. The van der Waals surface area contributed by atoms with E-state index in [1.54, 1.807) is 0 Å². The first-order chi connectivity index (χ1) is 20.6. The first kappa shape index (κ1) is 30.5. The Bertz CT molecular complexity index is 1780. The molecule has 2 aromatic heterocycles. The molecule has 2 atom stereocenters. The number of pyridine rings is 1. The number of alkyl halides is 6. The van der Waals surface area contributed by atoms with E-state index in [-0.39, 0.29) is 32.5 Å². The summed E-state index contributed by atoms with van der Waals surface area (Å²) >= 11 is 0. The van der Waals surface area contributed by atoms with Crippen LogP contribution in [0.15, 0.2) is 48.7 Å². The van der Waals surface area contributed by atoms with Gasteiger partial charge in [-0.3, -0.25) is 9.59 Å². The fraction of sp³-hybridized carbons (Fsp3) is 0.259. The second kappa shape index (κ2) is 10.7. The summed E-state index contributed by atoms with van der Waals surface area (Å²) in [5.41, 5.74) is -4.88. The predicted molar refractivity (Wildman–Crippen MR) is 137 cm³/mol. The van der Waals surface area contributed by atoms with Gasteiger partial charge in [-0.25, -0.2) is 18.4 Å². The summed E-state index contributed by atoms with van der Waals surface area (Å²) in [5, 5.41) is 16.6. The zero-order valence-corrected chi connectivity index (χ0v) is 22.3. The van der Waals surface area contributed by atoms with Gasteiger partial charge in [0.1, 0.15) is 29.4 Å². The second-order valence-electron chi connectivity index (χ2n) is 9.74. The van der Waals surface area contributed by atoms with Gasteiger partial charge in [-0.05, 0) is 42.5 Å². The van der Waals surface area contributed by atoms with Crippen LogP contribution in [0, 0.1) is 5.82 Å². The molecule has 0 saturated heterocycles. The third kappa shape index (κ3) is 5.01. The van der Waals surface area contributed by atoms with Crippen LogP contribution < -0.4 is 20.5 Å². The summed E-state index contributed by atoms with van der Waals surface area (Å²) in [4.78, 5) is 28.8. The molecule has 0 fully saturated rings. The lowest BCUT2D eigenvalue weighted by molar-refractivity contribution is -0.265. The van der Waals surface area contributed by atoms with E-state index in [0.29, 0.717) is 6.07 Å². The highest BCUT2D eigenvalue weighted by Gasteiger charge is 2.58. The molecule has 0 spiro atoms. The molecule has 5 rings (SSSR count). The number of amides is 2. The van der Waals surface area contributed by atoms with E-state index in [1.165, 1.54) is 0 Å². The van der Waals surface area contributed by atoms with Crippen molar-refractivity contribution in [2.24, 2.45) is 5.73 Å². The molecule has 44 heavy (non-hydrogen) atoms. The van der Waals surface area contributed by atoms with Gasteiger partial charge in [0.05, 0.1) is 19.3 Å². The van der Waals surface area contributed by atoms with Crippen molar-refractivity contribution < 1.29 is 54.9 Å².